The monoisotopic (exact) mass is 555 g/mol. The van der Waals surface area contributed by atoms with Crippen molar-refractivity contribution in [2.75, 3.05) is 0 Å². The van der Waals surface area contributed by atoms with Crippen LogP contribution in [0.5, 0.6) is 5.75 Å². The molecule has 0 unspecified atom stereocenters. The van der Waals surface area contributed by atoms with Gasteiger partial charge in [0.2, 0.25) is 0 Å². The topological polar surface area (TPSA) is 86.6 Å². The van der Waals surface area contributed by atoms with E-state index in [-0.39, 0.29) is 12.2 Å². The summed E-state index contributed by atoms with van der Waals surface area (Å²) in [6.07, 6.45) is 0.630. The maximum atomic E-state index is 13.2. The van der Waals surface area contributed by atoms with Crippen molar-refractivity contribution in [2.45, 2.75) is 25.8 Å². The Morgan fingerprint density at radius 3 is 2.31 bits per heavy atom. The first-order chi connectivity index (χ1) is 18.7. The highest BCUT2D eigenvalue weighted by Crippen LogP contribution is 2.31. The first kappa shape index (κ1) is 26.5. The number of aromatic hydroxyl groups is 1. The molecule has 4 aromatic carbocycles. The zero-order valence-electron chi connectivity index (χ0n) is 21.1. The number of nitrogens with one attached hydrogen (secondary N) is 1. The van der Waals surface area contributed by atoms with Gasteiger partial charge >= 0.3 is 5.97 Å². The number of fused-ring (bicyclic) bond motifs is 1. The maximum Gasteiger partial charge on any atom is 0.326 e. The molecule has 5 aromatic rings. The Hall–Kier alpha value is -4.13. The molecule has 0 bridgehead atoms. The molecule has 196 valence electrons. The van der Waals surface area contributed by atoms with Gasteiger partial charge in [-0.05, 0) is 89.0 Å². The molecule has 5 nitrogen and oxygen atoms in total. The first-order valence-corrected chi connectivity index (χ1v) is 13.6. The maximum absolute atomic E-state index is 13.2. The van der Waals surface area contributed by atoms with Crippen LogP contribution in [-0.2, 0) is 17.6 Å². The molecular formula is C32H26ClNO4S. The number of hydrogen-bond donors (Lipinski definition) is 3. The van der Waals surface area contributed by atoms with Gasteiger partial charge < -0.3 is 15.5 Å². The highest BCUT2D eigenvalue weighted by Gasteiger charge is 2.24. The number of phenolic OH excluding ortho intramolecular Hbond substituents is 1. The molecular weight excluding hydrogens is 530 g/mol. The predicted molar refractivity (Wildman–Crippen MR) is 157 cm³/mol. The average Bonchev–Trinajstić information content (AvgIpc) is 3.35. The minimum atomic E-state index is -1.13. The fraction of sp³-hybridized carbons (Fsp3) is 0.125. The van der Waals surface area contributed by atoms with E-state index in [1.54, 1.807) is 24.3 Å². The molecule has 0 spiro atoms. The lowest BCUT2D eigenvalue weighted by molar-refractivity contribution is -0.139. The molecule has 5 rings (SSSR count). The molecule has 39 heavy (non-hydrogen) atoms. The van der Waals surface area contributed by atoms with Crippen LogP contribution in [0.1, 0.15) is 31.9 Å². The van der Waals surface area contributed by atoms with Crippen molar-refractivity contribution < 1.29 is 19.8 Å². The van der Waals surface area contributed by atoms with Gasteiger partial charge in [-0.3, -0.25) is 4.79 Å². The fourth-order valence-corrected chi connectivity index (χ4v) is 5.60. The standard InChI is InChI=1S/C32H26ClNO4S/c1-19-2-4-20(5-3-19)14-24-16-27(35)12-8-23(24)17-28(32(37)38)34-31(36)30-18-25-15-22(9-13-29(25)39-30)21-6-10-26(33)11-7-21/h2-13,15-16,18,28,35H,14,17H2,1H3,(H,34,36)(H,37,38)/t28-/m0/s1. The van der Waals surface area contributed by atoms with E-state index < -0.39 is 17.9 Å². The number of aryl methyl sites for hydroxylation is 1. The van der Waals surface area contributed by atoms with Crippen molar-refractivity contribution in [3.8, 4) is 16.9 Å². The molecule has 3 N–H and O–H groups in total. The van der Waals surface area contributed by atoms with E-state index in [0.29, 0.717) is 16.3 Å². The molecule has 1 atom stereocenters. The number of hydrogen-bond acceptors (Lipinski definition) is 4. The molecule has 1 aromatic heterocycles. The predicted octanol–water partition coefficient (Wildman–Crippen LogP) is 7.25. The number of carbonyl (C=O) groups is 2. The van der Waals surface area contributed by atoms with Crippen molar-refractivity contribution >= 4 is 44.9 Å². The summed E-state index contributed by atoms with van der Waals surface area (Å²) in [5.74, 6) is -1.45. The van der Waals surface area contributed by atoms with Crippen LogP contribution in [-0.4, -0.2) is 28.1 Å². The van der Waals surface area contributed by atoms with Gasteiger partial charge in [-0.2, -0.15) is 0 Å². The van der Waals surface area contributed by atoms with Crippen molar-refractivity contribution in [1.82, 2.24) is 5.32 Å². The van der Waals surface area contributed by atoms with E-state index >= 15 is 0 Å². The van der Waals surface area contributed by atoms with Gasteiger partial charge in [0.25, 0.3) is 5.91 Å². The SMILES string of the molecule is Cc1ccc(Cc2cc(O)ccc2C[C@H](NC(=O)c2cc3cc(-c4ccc(Cl)cc4)ccc3s2)C(=O)O)cc1. The number of amides is 1. The molecule has 0 radical (unpaired) electrons. The van der Waals surface area contributed by atoms with Crippen LogP contribution in [0.25, 0.3) is 21.2 Å². The third-order valence-corrected chi connectivity index (χ3v) is 8.02. The van der Waals surface area contributed by atoms with E-state index in [2.05, 4.69) is 5.32 Å². The number of carboxylic acid groups (broad SMARTS) is 1. The number of carbonyl (C=O) groups excluding carboxylic acids is 1. The highest BCUT2D eigenvalue weighted by atomic mass is 35.5. The van der Waals surface area contributed by atoms with E-state index in [1.165, 1.54) is 11.3 Å². The molecule has 0 aliphatic rings. The van der Waals surface area contributed by atoms with Crippen molar-refractivity contribution in [2.24, 2.45) is 0 Å². The van der Waals surface area contributed by atoms with Crippen LogP contribution in [0.2, 0.25) is 5.02 Å². The smallest absolute Gasteiger partial charge is 0.326 e. The van der Waals surface area contributed by atoms with Gasteiger partial charge in [-0.15, -0.1) is 11.3 Å². The Labute approximate surface area is 235 Å². The normalized spacial score (nSPS) is 11.8. The lowest BCUT2D eigenvalue weighted by Gasteiger charge is -2.17. The van der Waals surface area contributed by atoms with Crippen LogP contribution in [0.15, 0.2) is 91.0 Å². The number of benzene rings is 4. The Kier molecular flexibility index (Phi) is 7.68. The molecule has 7 heteroatoms. The molecule has 0 saturated carbocycles. The fourth-order valence-electron chi connectivity index (χ4n) is 4.53. The summed E-state index contributed by atoms with van der Waals surface area (Å²) < 4.78 is 0.934. The number of phenols is 1. The molecule has 0 aliphatic heterocycles. The molecule has 1 amide bonds. The Morgan fingerprint density at radius 1 is 0.872 bits per heavy atom. The van der Waals surface area contributed by atoms with Crippen molar-refractivity contribution in [1.29, 1.82) is 0 Å². The van der Waals surface area contributed by atoms with E-state index in [0.717, 1.165) is 43.5 Å². The Morgan fingerprint density at radius 2 is 1.59 bits per heavy atom. The Bertz CT molecular complexity index is 1660. The quantitative estimate of drug-likeness (QED) is 0.188. The molecule has 1 heterocycles. The zero-order chi connectivity index (χ0) is 27.5. The van der Waals surface area contributed by atoms with Gasteiger partial charge in [0.1, 0.15) is 11.8 Å². The zero-order valence-corrected chi connectivity index (χ0v) is 22.7. The third-order valence-electron chi connectivity index (χ3n) is 6.65. The van der Waals surface area contributed by atoms with Gasteiger partial charge in [0.05, 0.1) is 4.88 Å². The summed E-state index contributed by atoms with van der Waals surface area (Å²) in [6, 6.07) is 27.1. The Balaban J connectivity index is 1.35. The number of carboxylic acids is 1. The van der Waals surface area contributed by atoms with E-state index in [4.69, 9.17) is 11.6 Å². The van der Waals surface area contributed by atoms with Gasteiger partial charge in [0.15, 0.2) is 0 Å². The van der Waals surface area contributed by atoms with Crippen LogP contribution >= 0.6 is 22.9 Å². The summed E-state index contributed by atoms with van der Waals surface area (Å²) in [6.45, 7) is 2.01. The van der Waals surface area contributed by atoms with Crippen LogP contribution < -0.4 is 5.32 Å². The van der Waals surface area contributed by atoms with E-state index in [1.807, 2.05) is 73.7 Å². The summed E-state index contributed by atoms with van der Waals surface area (Å²) in [7, 11) is 0. The first-order valence-electron chi connectivity index (χ1n) is 12.4. The molecule has 0 saturated heterocycles. The van der Waals surface area contributed by atoms with Crippen molar-refractivity contribution in [3.63, 3.8) is 0 Å². The average molecular weight is 556 g/mol. The second kappa shape index (κ2) is 11.3. The van der Waals surface area contributed by atoms with Crippen LogP contribution in [0.3, 0.4) is 0 Å². The summed E-state index contributed by atoms with van der Waals surface area (Å²) in [5.41, 5.74) is 5.78. The lowest BCUT2D eigenvalue weighted by atomic mass is 9.94. The third kappa shape index (κ3) is 6.30. The second-order valence-electron chi connectivity index (χ2n) is 9.55. The lowest BCUT2D eigenvalue weighted by Crippen LogP contribution is -2.42. The van der Waals surface area contributed by atoms with Gasteiger partial charge in [-0.25, -0.2) is 4.79 Å². The minimum Gasteiger partial charge on any atom is -0.508 e. The number of aliphatic carboxylic acids is 1. The van der Waals surface area contributed by atoms with E-state index in [9.17, 15) is 19.8 Å². The second-order valence-corrected chi connectivity index (χ2v) is 11.1. The molecule has 0 aliphatic carbocycles. The summed E-state index contributed by atoms with van der Waals surface area (Å²) >= 11 is 7.33. The summed E-state index contributed by atoms with van der Waals surface area (Å²) in [4.78, 5) is 25.8. The summed E-state index contributed by atoms with van der Waals surface area (Å²) in [5, 5.41) is 24.3. The minimum absolute atomic E-state index is 0.0914. The largest absolute Gasteiger partial charge is 0.508 e. The van der Waals surface area contributed by atoms with Gasteiger partial charge in [0, 0.05) is 16.1 Å². The number of halogens is 1. The highest BCUT2D eigenvalue weighted by molar-refractivity contribution is 7.20. The number of rotatable bonds is 8. The van der Waals surface area contributed by atoms with Crippen LogP contribution in [0, 0.1) is 6.92 Å². The van der Waals surface area contributed by atoms with Crippen molar-refractivity contribution in [3.05, 3.63) is 123 Å². The molecule has 0 fully saturated rings. The number of thiophene rings is 1. The van der Waals surface area contributed by atoms with Crippen LogP contribution in [0.4, 0.5) is 0 Å². The van der Waals surface area contributed by atoms with Gasteiger partial charge in [-0.1, -0.05) is 65.7 Å².